The molecule has 0 saturated carbocycles. The van der Waals surface area contributed by atoms with Gasteiger partial charge in [0.1, 0.15) is 6.10 Å². The molecule has 1 aliphatic heterocycles. The topological polar surface area (TPSA) is 47.3 Å². The second-order valence-corrected chi connectivity index (χ2v) is 5.59. The van der Waals surface area contributed by atoms with Crippen LogP contribution >= 0.6 is 0 Å². The Morgan fingerprint density at radius 3 is 2.70 bits per heavy atom. The summed E-state index contributed by atoms with van der Waals surface area (Å²) in [6.45, 7) is 2.47. The number of alkyl halides is 3. The zero-order valence-electron chi connectivity index (χ0n) is 12.6. The first-order valence-corrected chi connectivity index (χ1v) is 7.32. The fraction of sp³-hybridized carbons (Fsp3) is 0.294. The van der Waals surface area contributed by atoms with Gasteiger partial charge in [-0.1, -0.05) is 29.8 Å². The Morgan fingerprint density at radius 2 is 2.00 bits per heavy atom. The van der Waals surface area contributed by atoms with E-state index in [0.717, 1.165) is 6.07 Å². The van der Waals surface area contributed by atoms with Crippen LogP contribution in [0.1, 0.15) is 11.1 Å². The minimum atomic E-state index is -4.43. The van der Waals surface area contributed by atoms with Crippen LogP contribution in [0.25, 0.3) is 11.1 Å². The predicted molar refractivity (Wildman–Crippen MR) is 83.6 cm³/mol. The Balaban J connectivity index is 2.17. The van der Waals surface area contributed by atoms with Crippen LogP contribution < -0.4 is 15.8 Å². The molecule has 2 aromatic carbocycles. The maximum Gasteiger partial charge on any atom is 0.417 e. The molecule has 23 heavy (non-hydrogen) atoms. The van der Waals surface area contributed by atoms with E-state index in [-0.39, 0.29) is 11.7 Å². The standard InChI is InChI=1S/C17H17F3N2O/c1-10-5-6-12(14(7-10)17(18,19)20)13-3-2-4-15-16(13)23-11(8-21)9-22-15/h2-7,11,22H,8-9,21H2,1H3. The zero-order chi connectivity index (χ0) is 16.6. The first-order valence-electron chi connectivity index (χ1n) is 7.32. The lowest BCUT2D eigenvalue weighted by Crippen LogP contribution is -2.37. The van der Waals surface area contributed by atoms with Crippen LogP contribution in [0.3, 0.4) is 0 Å². The van der Waals surface area contributed by atoms with E-state index in [2.05, 4.69) is 5.32 Å². The molecule has 0 amide bonds. The lowest BCUT2D eigenvalue weighted by Gasteiger charge is -2.29. The number of para-hydroxylation sites is 1. The molecule has 3 N–H and O–H groups in total. The summed E-state index contributed by atoms with van der Waals surface area (Å²) in [5.41, 5.74) is 6.73. The molecule has 0 saturated heterocycles. The molecule has 1 unspecified atom stereocenters. The lowest BCUT2D eigenvalue weighted by atomic mass is 9.95. The Morgan fingerprint density at radius 1 is 1.22 bits per heavy atom. The van der Waals surface area contributed by atoms with Crippen molar-refractivity contribution < 1.29 is 17.9 Å². The number of nitrogens with two attached hydrogens (primary N) is 1. The zero-order valence-corrected chi connectivity index (χ0v) is 12.6. The lowest BCUT2D eigenvalue weighted by molar-refractivity contribution is -0.137. The number of rotatable bonds is 2. The van der Waals surface area contributed by atoms with Crippen LogP contribution in [0.2, 0.25) is 0 Å². The molecule has 0 bridgehead atoms. The fourth-order valence-corrected chi connectivity index (χ4v) is 2.71. The molecule has 2 aromatic rings. The van der Waals surface area contributed by atoms with Crippen LogP contribution in [-0.2, 0) is 6.18 Å². The molecule has 122 valence electrons. The van der Waals surface area contributed by atoms with Gasteiger partial charge >= 0.3 is 6.18 Å². The molecule has 0 radical (unpaired) electrons. The molecule has 0 fully saturated rings. The molecule has 3 rings (SSSR count). The highest BCUT2D eigenvalue weighted by molar-refractivity contribution is 5.81. The minimum Gasteiger partial charge on any atom is -0.484 e. The van der Waals surface area contributed by atoms with Gasteiger partial charge in [0.25, 0.3) is 0 Å². The predicted octanol–water partition coefficient (Wildman–Crippen LogP) is 3.81. The quantitative estimate of drug-likeness (QED) is 0.884. The van der Waals surface area contributed by atoms with Crippen LogP contribution in [0.5, 0.6) is 5.75 Å². The third kappa shape index (κ3) is 2.99. The average molecular weight is 322 g/mol. The largest absolute Gasteiger partial charge is 0.484 e. The molecule has 0 spiro atoms. The summed E-state index contributed by atoms with van der Waals surface area (Å²) in [6.07, 6.45) is -4.69. The number of benzene rings is 2. The smallest absolute Gasteiger partial charge is 0.417 e. The Kier molecular flexibility index (Phi) is 3.93. The summed E-state index contributed by atoms with van der Waals surface area (Å²) >= 11 is 0. The van der Waals surface area contributed by atoms with Gasteiger partial charge in [-0.2, -0.15) is 13.2 Å². The molecule has 1 heterocycles. The van der Waals surface area contributed by atoms with Crippen molar-refractivity contribution in [3.8, 4) is 16.9 Å². The summed E-state index contributed by atoms with van der Waals surface area (Å²) < 4.78 is 46.0. The van der Waals surface area contributed by atoms with E-state index in [4.69, 9.17) is 10.5 Å². The number of anilines is 1. The van der Waals surface area contributed by atoms with E-state index in [0.29, 0.717) is 35.7 Å². The minimum absolute atomic E-state index is 0.111. The van der Waals surface area contributed by atoms with Gasteiger partial charge in [0.05, 0.1) is 17.8 Å². The van der Waals surface area contributed by atoms with E-state index in [1.54, 1.807) is 31.2 Å². The normalized spacial score (nSPS) is 17.2. The first kappa shape index (κ1) is 15.7. The van der Waals surface area contributed by atoms with E-state index < -0.39 is 11.7 Å². The van der Waals surface area contributed by atoms with Gasteiger partial charge in [-0.3, -0.25) is 0 Å². The van der Waals surface area contributed by atoms with Crippen LogP contribution in [0.15, 0.2) is 36.4 Å². The third-order valence-electron chi connectivity index (χ3n) is 3.85. The highest BCUT2D eigenvalue weighted by atomic mass is 19.4. The van der Waals surface area contributed by atoms with E-state index >= 15 is 0 Å². The number of halogens is 3. The second-order valence-electron chi connectivity index (χ2n) is 5.59. The Bertz CT molecular complexity index is 728. The van der Waals surface area contributed by atoms with Crippen molar-refractivity contribution >= 4 is 5.69 Å². The monoisotopic (exact) mass is 322 g/mol. The van der Waals surface area contributed by atoms with E-state index in [1.165, 1.54) is 6.07 Å². The molecule has 6 heteroatoms. The molecule has 0 aromatic heterocycles. The fourth-order valence-electron chi connectivity index (χ4n) is 2.71. The second kappa shape index (κ2) is 5.77. The number of ether oxygens (including phenoxy) is 1. The van der Waals surface area contributed by atoms with E-state index in [9.17, 15) is 13.2 Å². The summed E-state index contributed by atoms with van der Waals surface area (Å²) in [6, 6.07) is 9.45. The summed E-state index contributed by atoms with van der Waals surface area (Å²) in [5.74, 6) is 0.420. The van der Waals surface area contributed by atoms with Gasteiger partial charge < -0.3 is 15.8 Å². The number of aryl methyl sites for hydroxylation is 1. The Labute approximate surface area is 132 Å². The van der Waals surface area contributed by atoms with Crippen LogP contribution in [-0.4, -0.2) is 19.2 Å². The number of hydrogen-bond donors (Lipinski definition) is 2. The van der Waals surface area contributed by atoms with Crippen molar-refractivity contribution in [2.45, 2.75) is 19.2 Å². The van der Waals surface area contributed by atoms with Crippen molar-refractivity contribution in [2.24, 2.45) is 5.73 Å². The summed E-state index contributed by atoms with van der Waals surface area (Å²) in [4.78, 5) is 0. The van der Waals surface area contributed by atoms with Crippen LogP contribution in [0, 0.1) is 6.92 Å². The van der Waals surface area contributed by atoms with Crippen molar-refractivity contribution in [1.29, 1.82) is 0 Å². The maximum absolute atomic E-state index is 13.4. The summed E-state index contributed by atoms with van der Waals surface area (Å²) in [5, 5.41) is 3.16. The van der Waals surface area contributed by atoms with Crippen molar-refractivity contribution in [3.05, 3.63) is 47.5 Å². The van der Waals surface area contributed by atoms with Gasteiger partial charge in [-0.15, -0.1) is 0 Å². The number of hydrogen-bond acceptors (Lipinski definition) is 3. The molecule has 0 aliphatic carbocycles. The third-order valence-corrected chi connectivity index (χ3v) is 3.85. The van der Waals surface area contributed by atoms with Crippen LogP contribution in [0.4, 0.5) is 18.9 Å². The highest BCUT2D eigenvalue weighted by Gasteiger charge is 2.35. The van der Waals surface area contributed by atoms with Gasteiger partial charge in [-0.25, -0.2) is 0 Å². The molecular formula is C17H17F3N2O. The van der Waals surface area contributed by atoms with Gasteiger partial charge in [-0.05, 0) is 24.6 Å². The number of fused-ring (bicyclic) bond motifs is 1. The first-order chi connectivity index (χ1) is 10.9. The van der Waals surface area contributed by atoms with Crippen molar-refractivity contribution in [1.82, 2.24) is 0 Å². The van der Waals surface area contributed by atoms with Gasteiger partial charge in [0.2, 0.25) is 0 Å². The van der Waals surface area contributed by atoms with E-state index in [1.807, 2.05) is 0 Å². The maximum atomic E-state index is 13.4. The Hall–Kier alpha value is -2.21. The summed E-state index contributed by atoms with van der Waals surface area (Å²) in [7, 11) is 0. The highest BCUT2D eigenvalue weighted by Crippen LogP contribution is 2.44. The molecular weight excluding hydrogens is 305 g/mol. The average Bonchev–Trinajstić information content (AvgIpc) is 2.53. The molecule has 3 nitrogen and oxygen atoms in total. The van der Waals surface area contributed by atoms with Gasteiger partial charge in [0.15, 0.2) is 5.75 Å². The SMILES string of the molecule is Cc1ccc(-c2cccc3c2OC(CN)CN3)c(C(F)(F)F)c1. The van der Waals surface area contributed by atoms with Gasteiger partial charge in [0, 0.05) is 12.1 Å². The number of nitrogens with one attached hydrogen (secondary N) is 1. The van der Waals surface area contributed by atoms with Crippen molar-refractivity contribution in [2.75, 3.05) is 18.4 Å². The molecule has 1 atom stereocenters. The van der Waals surface area contributed by atoms with Crippen molar-refractivity contribution in [3.63, 3.8) is 0 Å². The molecule has 1 aliphatic rings.